The molecule has 0 heterocycles. The summed E-state index contributed by atoms with van der Waals surface area (Å²) in [6.45, 7) is 4.78. The van der Waals surface area contributed by atoms with E-state index in [0.29, 0.717) is 12.6 Å². The smallest absolute Gasteiger partial charge is 0.161 e. The van der Waals surface area contributed by atoms with Crippen molar-refractivity contribution in [2.75, 3.05) is 20.3 Å². The number of aliphatic hydroxyl groups excluding tert-OH is 1. The highest BCUT2D eigenvalue weighted by atomic mass is 16.5. The average molecular weight is 253 g/mol. The maximum Gasteiger partial charge on any atom is 0.161 e. The van der Waals surface area contributed by atoms with Crippen molar-refractivity contribution in [2.24, 2.45) is 0 Å². The van der Waals surface area contributed by atoms with E-state index in [-0.39, 0.29) is 12.6 Å². The van der Waals surface area contributed by atoms with Gasteiger partial charge in [0.2, 0.25) is 0 Å². The number of hydrogen-bond acceptors (Lipinski definition) is 4. The van der Waals surface area contributed by atoms with E-state index in [4.69, 9.17) is 9.47 Å². The molecule has 0 saturated heterocycles. The molecule has 0 aromatic heterocycles. The molecule has 4 heteroatoms. The quantitative estimate of drug-likeness (QED) is 0.742. The third-order valence-electron chi connectivity index (χ3n) is 2.58. The van der Waals surface area contributed by atoms with E-state index in [0.717, 1.165) is 17.9 Å². The number of para-hydroxylation sites is 2. The summed E-state index contributed by atoms with van der Waals surface area (Å²) in [6.07, 6.45) is 0.757. The molecule has 0 amide bonds. The minimum Gasteiger partial charge on any atom is -0.493 e. The predicted octanol–water partition coefficient (Wildman–Crippen LogP) is 1.82. The van der Waals surface area contributed by atoms with Gasteiger partial charge in [0.05, 0.1) is 20.3 Å². The summed E-state index contributed by atoms with van der Waals surface area (Å²) in [7, 11) is 1.62. The molecule has 0 aliphatic carbocycles. The van der Waals surface area contributed by atoms with Crippen LogP contribution in [0.15, 0.2) is 24.3 Å². The highest BCUT2D eigenvalue weighted by Gasteiger charge is 2.09. The van der Waals surface area contributed by atoms with Crippen LogP contribution in [0.3, 0.4) is 0 Å². The van der Waals surface area contributed by atoms with Crippen molar-refractivity contribution >= 4 is 0 Å². The first-order valence-electron chi connectivity index (χ1n) is 6.30. The third kappa shape index (κ3) is 4.94. The molecular formula is C14H23NO3. The van der Waals surface area contributed by atoms with Crippen LogP contribution in [-0.2, 0) is 0 Å². The molecule has 0 fully saturated rings. The largest absolute Gasteiger partial charge is 0.493 e. The Bertz CT molecular complexity index is 342. The van der Waals surface area contributed by atoms with E-state index in [2.05, 4.69) is 19.2 Å². The summed E-state index contributed by atoms with van der Waals surface area (Å²) in [5.41, 5.74) is 0. The second-order valence-corrected chi connectivity index (χ2v) is 4.49. The first-order chi connectivity index (χ1) is 8.67. The predicted molar refractivity (Wildman–Crippen MR) is 72.3 cm³/mol. The minimum atomic E-state index is 0.0692. The summed E-state index contributed by atoms with van der Waals surface area (Å²) >= 11 is 0. The van der Waals surface area contributed by atoms with Crippen molar-refractivity contribution in [3.8, 4) is 11.5 Å². The molecule has 0 saturated carbocycles. The number of ether oxygens (including phenoxy) is 2. The monoisotopic (exact) mass is 253 g/mol. The average Bonchev–Trinajstić information content (AvgIpc) is 2.37. The van der Waals surface area contributed by atoms with Crippen LogP contribution < -0.4 is 14.8 Å². The molecule has 1 atom stereocenters. The van der Waals surface area contributed by atoms with Gasteiger partial charge in [0.15, 0.2) is 11.5 Å². The van der Waals surface area contributed by atoms with Crippen molar-refractivity contribution in [3.05, 3.63) is 24.3 Å². The summed E-state index contributed by atoms with van der Waals surface area (Å²) < 4.78 is 10.9. The van der Waals surface area contributed by atoms with E-state index >= 15 is 0 Å². The topological polar surface area (TPSA) is 50.7 Å². The molecular weight excluding hydrogens is 230 g/mol. The Morgan fingerprint density at radius 3 is 2.44 bits per heavy atom. The molecule has 0 aliphatic rings. The zero-order chi connectivity index (χ0) is 13.4. The van der Waals surface area contributed by atoms with Crippen LogP contribution in [0.2, 0.25) is 0 Å². The van der Waals surface area contributed by atoms with Gasteiger partial charge in [-0.2, -0.15) is 0 Å². The van der Waals surface area contributed by atoms with Gasteiger partial charge in [0.1, 0.15) is 0 Å². The van der Waals surface area contributed by atoms with Crippen LogP contribution in [0.25, 0.3) is 0 Å². The molecule has 1 unspecified atom stereocenters. The zero-order valence-corrected chi connectivity index (χ0v) is 11.3. The molecule has 4 nitrogen and oxygen atoms in total. The van der Waals surface area contributed by atoms with Crippen LogP contribution in [0, 0.1) is 0 Å². The minimum absolute atomic E-state index is 0.0692. The molecule has 0 spiro atoms. The number of methoxy groups -OCH3 is 1. The Kier molecular flexibility index (Phi) is 6.54. The molecule has 1 aromatic carbocycles. The molecule has 1 rings (SSSR count). The number of aliphatic hydroxyl groups is 1. The normalized spacial score (nSPS) is 12.5. The molecule has 1 aromatic rings. The van der Waals surface area contributed by atoms with Gasteiger partial charge >= 0.3 is 0 Å². The Hall–Kier alpha value is -1.26. The van der Waals surface area contributed by atoms with E-state index in [1.165, 1.54) is 0 Å². The van der Waals surface area contributed by atoms with Crippen LogP contribution in [-0.4, -0.2) is 37.5 Å². The molecule has 0 aliphatic heterocycles. The standard InChI is InChI=1S/C14H23NO3/c1-11(2)15-12(10-16)8-9-18-14-7-5-4-6-13(14)17-3/h4-7,11-12,15-16H,8-10H2,1-3H3. The molecule has 102 valence electrons. The van der Waals surface area contributed by atoms with Crippen LogP contribution in [0.5, 0.6) is 11.5 Å². The van der Waals surface area contributed by atoms with Crippen LogP contribution >= 0.6 is 0 Å². The van der Waals surface area contributed by atoms with Gasteiger partial charge in [-0.05, 0) is 18.6 Å². The van der Waals surface area contributed by atoms with Crippen molar-refractivity contribution in [1.82, 2.24) is 5.32 Å². The maximum atomic E-state index is 9.23. The van der Waals surface area contributed by atoms with Crippen LogP contribution in [0.4, 0.5) is 0 Å². The molecule has 0 bridgehead atoms. The van der Waals surface area contributed by atoms with E-state index in [9.17, 15) is 5.11 Å². The van der Waals surface area contributed by atoms with Crippen LogP contribution in [0.1, 0.15) is 20.3 Å². The van der Waals surface area contributed by atoms with Gasteiger partial charge in [-0.25, -0.2) is 0 Å². The number of nitrogens with one attached hydrogen (secondary N) is 1. The summed E-state index contributed by atoms with van der Waals surface area (Å²) in [5.74, 6) is 1.47. The Morgan fingerprint density at radius 2 is 1.89 bits per heavy atom. The highest BCUT2D eigenvalue weighted by Crippen LogP contribution is 2.25. The second kappa shape index (κ2) is 7.95. The van der Waals surface area contributed by atoms with Crippen molar-refractivity contribution in [1.29, 1.82) is 0 Å². The molecule has 18 heavy (non-hydrogen) atoms. The Morgan fingerprint density at radius 1 is 1.22 bits per heavy atom. The maximum absolute atomic E-state index is 9.23. The van der Waals surface area contributed by atoms with Crippen molar-refractivity contribution in [3.63, 3.8) is 0 Å². The summed E-state index contributed by atoms with van der Waals surface area (Å²) in [6, 6.07) is 7.98. The summed E-state index contributed by atoms with van der Waals surface area (Å²) in [5, 5.41) is 12.5. The number of rotatable bonds is 8. The third-order valence-corrected chi connectivity index (χ3v) is 2.58. The fourth-order valence-corrected chi connectivity index (χ4v) is 1.75. The van der Waals surface area contributed by atoms with Gasteiger partial charge in [0.25, 0.3) is 0 Å². The molecule has 0 radical (unpaired) electrons. The van der Waals surface area contributed by atoms with Gasteiger partial charge in [-0.3, -0.25) is 0 Å². The van der Waals surface area contributed by atoms with Gasteiger partial charge in [-0.1, -0.05) is 26.0 Å². The lowest BCUT2D eigenvalue weighted by atomic mass is 10.2. The lowest BCUT2D eigenvalue weighted by Crippen LogP contribution is -2.38. The lowest BCUT2D eigenvalue weighted by molar-refractivity contribution is 0.200. The van der Waals surface area contributed by atoms with Gasteiger partial charge in [-0.15, -0.1) is 0 Å². The lowest BCUT2D eigenvalue weighted by Gasteiger charge is -2.19. The molecule has 2 N–H and O–H groups in total. The van der Waals surface area contributed by atoms with Crippen molar-refractivity contribution < 1.29 is 14.6 Å². The zero-order valence-electron chi connectivity index (χ0n) is 11.3. The van der Waals surface area contributed by atoms with E-state index in [1.807, 2.05) is 24.3 Å². The first kappa shape index (κ1) is 14.8. The Labute approximate surface area is 109 Å². The number of benzene rings is 1. The fourth-order valence-electron chi connectivity index (χ4n) is 1.75. The summed E-state index contributed by atoms with van der Waals surface area (Å²) in [4.78, 5) is 0. The Balaban J connectivity index is 2.40. The highest BCUT2D eigenvalue weighted by molar-refractivity contribution is 5.39. The SMILES string of the molecule is COc1ccccc1OCCC(CO)NC(C)C. The van der Waals surface area contributed by atoms with E-state index < -0.39 is 0 Å². The van der Waals surface area contributed by atoms with E-state index in [1.54, 1.807) is 7.11 Å². The van der Waals surface area contributed by atoms with Gasteiger partial charge in [0, 0.05) is 12.1 Å². The van der Waals surface area contributed by atoms with Crippen molar-refractivity contribution in [2.45, 2.75) is 32.4 Å². The second-order valence-electron chi connectivity index (χ2n) is 4.49. The van der Waals surface area contributed by atoms with Gasteiger partial charge < -0.3 is 19.9 Å². The first-order valence-corrected chi connectivity index (χ1v) is 6.30. The number of hydrogen-bond donors (Lipinski definition) is 2. The fraction of sp³-hybridized carbons (Fsp3) is 0.571.